The molecule has 1 heterocycles. The number of fused-ring (bicyclic) bond motifs is 1. The molecule has 6 nitrogen and oxygen atoms in total. The summed E-state index contributed by atoms with van der Waals surface area (Å²) >= 11 is 1.31. The molecule has 0 spiro atoms. The summed E-state index contributed by atoms with van der Waals surface area (Å²) in [7, 11) is 0. The summed E-state index contributed by atoms with van der Waals surface area (Å²) in [5.74, 6) is 0.371. The second-order valence-corrected chi connectivity index (χ2v) is 6.82. The summed E-state index contributed by atoms with van der Waals surface area (Å²) in [4.78, 5) is 28.6. The normalized spacial score (nSPS) is 11.0. The van der Waals surface area contributed by atoms with Crippen LogP contribution in [0, 0.1) is 0 Å². The average molecular weight is 405 g/mol. The maximum Gasteiger partial charge on any atom is 0.387 e. The molecule has 3 rings (SSSR count). The van der Waals surface area contributed by atoms with Crippen molar-refractivity contribution in [3.63, 3.8) is 0 Å². The van der Waals surface area contributed by atoms with Gasteiger partial charge in [-0.05, 0) is 36.4 Å². The number of thioether (sulfide) groups is 1. The Balaban J connectivity index is 2.00. The highest BCUT2D eigenvalue weighted by molar-refractivity contribution is 7.99. The third-order valence-electron chi connectivity index (χ3n) is 3.77. The number of aromatic nitrogens is 2. The highest BCUT2D eigenvalue weighted by Gasteiger charge is 2.14. The standard InChI is InChI=1S/C19H17F2N3O3S/c1-12(25)22-10-11-28-19-23-16-5-3-2-4-15(16)17(26)24(19)13-6-8-14(9-7-13)27-18(20)21/h2-9,18H,10-11H2,1H3,(H,22,25). The third kappa shape index (κ3) is 4.66. The minimum Gasteiger partial charge on any atom is -0.435 e. The molecular formula is C19H17F2N3O3S. The molecule has 0 saturated carbocycles. The lowest BCUT2D eigenvalue weighted by Crippen LogP contribution is -2.24. The van der Waals surface area contributed by atoms with E-state index in [0.29, 0.717) is 34.0 Å². The highest BCUT2D eigenvalue weighted by atomic mass is 32.2. The molecule has 0 aliphatic rings. The van der Waals surface area contributed by atoms with E-state index >= 15 is 0 Å². The van der Waals surface area contributed by atoms with Gasteiger partial charge in [-0.3, -0.25) is 14.2 Å². The van der Waals surface area contributed by atoms with Crippen LogP contribution >= 0.6 is 11.8 Å². The van der Waals surface area contributed by atoms with E-state index in [9.17, 15) is 18.4 Å². The Labute approximate surface area is 163 Å². The van der Waals surface area contributed by atoms with Crippen LogP contribution in [0.2, 0.25) is 0 Å². The Hall–Kier alpha value is -2.94. The van der Waals surface area contributed by atoms with Gasteiger partial charge in [0.1, 0.15) is 5.75 Å². The Kier molecular flexibility index (Phi) is 6.25. The fourth-order valence-corrected chi connectivity index (χ4v) is 3.45. The fourth-order valence-electron chi connectivity index (χ4n) is 2.58. The molecule has 0 aliphatic carbocycles. The first-order valence-corrected chi connectivity index (χ1v) is 9.38. The van der Waals surface area contributed by atoms with Gasteiger partial charge in [0.25, 0.3) is 5.56 Å². The first-order valence-electron chi connectivity index (χ1n) is 8.40. The van der Waals surface area contributed by atoms with Gasteiger partial charge in [-0.25, -0.2) is 4.98 Å². The molecule has 0 aliphatic heterocycles. The summed E-state index contributed by atoms with van der Waals surface area (Å²) in [5, 5.41) is 3.58. The van der Waals surface area contributed by atoms with Gasteiger partial charge in [-0.2, -0.15) is 8.78 Å². The molecule has 1 amide bonds. The quantitative estimate of drug-likeness (QED) is 0.371. The molecule has 28 heavy (non-hydrogen) atoms. The van der Waals surface area contributed by atoms with Gasteiger partial charge in [0.2, 0.25) is 5.91 Å². The van der Waals surface area contributed by atoms with Crippen LogP contribution in [-0.4, -0.2) is 34.4 Å². The minimum absolute atomic E-state index is 0.000378. The molecular weight excluding hydrogens is 388 g/mol. The van der Waals surface area contributed by atoms with E-state index in [1.165, 1.54) is 47.5 Å². The molecule has 3 aromatic rings. The Morgan fingerprint density at radius 1 is 1.21 bits per heavy atom. The van der Waals surface area contributed by atoms with Crippen molar-refractivity contribution in [2.24, 2.45) is 0 Å². The number of nitrogens with zero attached hydrogens (tertiary/aromatic N) is 2. The lowest BCUT2D eigenvalue weighted by molar-refractivity contribution is -0.118. The van der Waals surface area contributed by atoms with E-state index in [4.69, 9.17) is 0 Å². The smallest absolute Gasteiger partial charge is 0.387 e. The number of benzene rings is 2. The number of carbonyl (C=O) groups is 1. The van der Waals surface area contributed by atoms with E-state index in [1.54, 1.807) is 24.3 Å². The van der Waals surface area contributed by atoms with Crippen molar-refractivity contribution >= 4 is 28.6 Å². The number of ether oxygens (including phenoxy) is 1. The zero-order valence-electron chi connectivity index (χ0n) is 14.9. The fraction of sp³-hybridized carbons (Fsp3) is 0.211. The predicted molar refractivity (Wildman–Crippen MR) is 103 cm³/mol. The molecule has 146 valence electrons. The van der Waals surface area contributed by atoms with Crippen LogP contribution in [0.25, 0.3) is 16.6 Å². The van der Waals surface area contributed by atoms with Crippen molar-refractivity contribution in [1.29, 1.82) is 0 Å². The number of halogens is 2. The number of nitrogens with one attached hydrogen (secondary N) is 1. The summed E-state index contributed by atoms with van der Waals surface area (Å²) in [6.07, 6.45) is 0. The molecule has 0 atom stereocenters. The van der Waals surface area contributed by atoms with E-state index in [0.717, 1.165) is 0 Å². The maximum absolute atomic E-state index is 13.0. The minimum atomic E-state index is -2.92. The van der Waals surface area contributed by atoms with Crippen LogP contribution < -0.4 is 15.6 Å². The van der Waals surface area contributed by atoms with E-state index in [1.807, 2.05) is 0 Å². The second kappa shape index (κ2) is 8.83. The molecule has 0 unspecified atom stereocenters. The van der Waals surface area contributed by atoms with Crippen LogP contribution in [0.1, 0.15) is 6.92 Å². The van der Waals surface area contributed by atoms with E-state index < -0.39 is 6.61 Å². The number of rotatable bonds is 7. The molecule has 0 bridgehead atoms. The van der Waals surface area contributed by atoms with Gasteiger partial charge in [0.15, 0.2) is 5.16 Å². The van der Waals surface area contributed by atoms with Gasteiger partial charge in [-0.1, -0.05) is 23.9 Å². The van der Waals surface area contributed by atoms with Crippen molar-refractivity contribution in [3.05, 3.63) is 58.9 Å². The number of carbonyl (C=O) groups excluding carboxylic acids is 1. The topological polar surface area (TPSA) is 73.2 Å². The van der Waals surface area contributed by atoms with Gasteiger partial charge in [0, 0.05) is 19.2 Å². The maximum atomic E-state index is 13.0. The van der Waals surface area contributed by atoms with Crippen molar-refractivity contribution in [2.75, 3.05) is 12.3 Å². The van der Waals surface area contributed by atoms with Crippen molar-refractivity contribution < 1.29 is 18.3 Å². The Bertz CT molecular complexity index is 1040. The third-order valence-corrected chi connectivity index (χ3v) is 4.71. The molecule has 0 saturated heterocycles. The molecule has 1 aromatic heterocycles. The number of amides is 1. The van der Waals surface area contributed by atoms with E-state index in [-0.39, 0.29) is 17.2 Å². The van der Waals surface area contributed by atoms with Crippen LogP contribution in [0.5, 0.6) is 5.75 Å². The summed E-state index contributed by atoms with van der Waals surface area (Å²) in [6, 6.07) is 12.8. The van der Waals surface area contributed by atoms with Gasteiger partial charge in [0.05, 0.1) is 16.6 Å². The summed E-state index contributed by atoms with van der Waals surface area (Å²) in [6.45, 7) is -1.07. The van der Waals surface area contributed by atoms with Gasteiger partial charge >= 0.3 is 6.61 Å². The van der Waals surface area contributed by atoms with Crippen molar-refractivity contribution in [1.82, 2.24) is 14.9 Å². The SMILES string of the molecule is CC(=O)NCCSc1nc2ccccc2c(=O)n1-c1ccc(OC(F)F)cc1. The van der Waals surface area contributed by atoms with Gasteiger partial charge in [-0.15, -0.1) is 0 Å². The van der Waals surface area contributed by atoms with E-state index in [2.05, 4.69) is 15.0 Å². The monoisotopic (exact) mass is 405 g/mol. The van der Waals surface area contributed by atoms with Crippen LogP contribution in [-0.2, 0) is 4.79 Å². The predicted octanol–water partition coefficient (Wildman–Crippen LogP) is 3.22. The lowest BCUT2D eigenvalue weighted by atomic mass is 10.2. The molecule has 0 fully saturated rings. The number of hydrogen-bond acceptors (Lipinski definition) is 5. The molecule has 0 radical (unpaired) electrons. The largest absolute Gasteiger partial charge is 0.435 e. The zero-order chi connectivity index (χ0) is 20.1. The number of alkyl halides is 2. The van der Waals surface area contributed by atoms with Crippen molar-refractivity contribution in [3.8, 4) is 11.4 Å². The van der Waals surface area contributed by atoms with Gasteiger partial charge < -0.3 is 10.1 Å². The molecule has 9 heteroatoms. The molecule has 2 aromatic carbocycles. The highest BCUT2D eigenvalue weighted by Crippen LogP contribution is 2.23. The average Bonchev–Trinajstić information content (AvgIpc) is 2.66. The van der Waals surface area contributed by atoms with Crippen molar-refractivity contribution in [2.45, 2.75) is 18.7 Å². The van der Waals surface area contributed by atoms with Crippen LogP contribution in [0.4, 0.5) is 8.78 Å². The summed E-state index contributed by atoms with van der Waals surface area (Å²) < 4.78 is 30.5. The first-order chi connectivity index (χ1) is 13.5. The second-order valence-electron chi connectivity index (χ2n) is 5.76. The molecule has 1 N–H and O–H groups in total. The lowest BCUT2D eigenvalue weighted by Gasteiger charge is -2.14. The van der Waals surface area contributed by atoms with Crippen LogP contribution in [0.3, 0.4) is 0 Å². The summed E-state index contributed by atoms with van der Waals surface area (Å²) in [5.41, 5.74) is 0.769. The first kappa shape index (κ1) is 19.8. The Morgan fingerprint density at radius 3 is 2.61 bits per heavy atom. The zero-order valence-corrected chi connectivity index (χ0v) is 15.7. The number of hydrogen-bond donors (Lipinski definition) is 1. The van der Waals surface area contributed by atoms with Crippen LogP contribution in [0.15, 0.2) is 58.5 Å². The Morgan fingerprint density at radius 2 is 1.93 bits per heavy atom. The number of para-hydroxylation sites is 1.